The molecule has 2 aromatic rings. The Morgan fingerprint density at radius 3 is 2.42 bits per heavy atom. The number of carbonyl (C=O) groups excluding carboxylic acids is 1. The van der Waals surface area contributed by atoms with Gasteiger partial charge in [0.2, 0.25) is 5.91 Å². The van der Waals surface area contributed by atoms with Gasteiger partial charge in [0.15, 0.2) is 0 Å². The third-order valence-corrected chi connectivity index (χ3v) is 3.25. The van der Waals surface area contributed by atoms with Crippen LogP contribution in [0.3, 0.4) is 0 Å². The number of hydrogen-bond donors (Lipinski definition) is 2. The molecule has 4 nitrogen and oxygen atoms in total. The Balaban J connectivity index is 1.80. The molecule has 0 saturated heterocycles. The van der Waals surface area contributed by atoms with Crippen molar-refractivity contribution in [1.29, 1.82) is 0 Å². The number of alkyl halides is 3. The van der Waals surface area contributed by atoms with Crippen LogP contribution in [-0.4, -0.2) is 19.6 Å². The maximum absolute atomic E-state index is 12.5. The van der Waals surface area contributed by atoms with Crippen LogP contribution in [0.1, 0.15) is 12.0 Å². The van der Waals surface area contributed by atoms with Crippen molar-refractivity contribution in [2.75, 3.05) is 24.3 Å². The lowest BCUT2D eigenvalue weighted by molar-refractivity contribution is -0.137. The van der Waals surface area contributed by atoms with Crippen molar-refractivity contribution < 1.29 is 22.7 Å². The summed E-state index contributed by atoms with van der Waals surface area (Å²) in [4.78, 5) is 11.8. The van der Waals surface area contributed by atoms with E-state index in [1.54, 1.807) is 24.3 Å². The Bertz CT molecular complexity index is 685. The second kappa shape index (κ2) is 7.72. The van der Waals surface area contributed by atoms with Gasteiger partial charge in [-0.05, 0) is 36.4 Å². The fraction of sp³-hybridized carbons (Fsp3) is 0.235. The van der Waals surface area contributed by atoms with E-state index in [9.17, 15) is 18.0 Å². The average molecular weight is 338 g/mol. The summed E-state index contributed by atoms with van der Waals surface area (Å²) in [5, 5.41) is 5.63. The number of halogens is 3. The Morgan fingerprint density at radius 1 is 1.08 bits per heavy atom. The molecule has 0 aromatic heterocycles. The molecule has 0 saturated carbocycles. The van der Waals surface area contributed by atoms with Gasteiger partial charge in [0.25, 0.3) is 0 Å². The molecule has 7 heteroatoms. The number of amides is 1. The number of rotatable bonds is 6. The van der Waals surface area contributed by atoms with E-state index in [1.165, 1.54) is 19.2 Å². The molecule has 0 atom stereocenters. The summed E-state index contributed by atoms with van der Waals surface area (Å²) in [6.45, 7) is 0.307. The topological polar surface area (TPSA) is 50.4 Å². The van der Waals surface area contributed by atoms with Crippen LogP contribution >= 0.6 is 0 Å². The van der Waals surface area contributed by atoms with Crippen LogP contribution in [0.5, 0.6) is 5.75 Å². The molecular weight excluding hydrogens is 321 g/mol. The highest BCUT2D eigenvalue weighted by molar-refractivity contribution is 5.91. The van der Waals surface area contributed by atoms with Crippen LogP contribution in [0.25, 0.3) is 0 Å². The Hall–Kier alpha value is -2.70. The Labute approximate surface area is 137 Å². The van der Waals surface area contributed by atoms with Gasteiger partial charge in [0, 0.05) is 30.4 Å². The summed E-state index contributed by atoms with van der Waals surface area (Å²) in [7, 11) is 1.54. The lowest BCUT2D eigenvalue weighted by Crippen LogP contribution is -2.16. The number of ether oxygens (including phenoxy) is 1. The molecule has 2 rings (SSSR count). The van der Waals surface area contributed by atoms with E-state index >= 15 is 0 Å². The van der Waals surface area contributed by atoms with Gasteiger partial charge in [-0.3, -0.25) is 4.79 Å². The maximum atomic E-state index is 12.5. The van der Waals surface area contributed by atoms with Crippen molar-refractivity contribution in [3.63, 3.8) is 0 Å². The van der Waals surface area contributed by atoms with Crippen molar-refractivity contribution in [1.82, 2.24) is 0 Å². The average Bonchev–Trinajstić information content (AvgIpc) is 2.54. The largest absolute Gasteiger partial charge is 0.497 e. The van der Waals surface area contributed by atoms with E-state index in [-0.39, 0.29) is 12.3 Å². The number of anilines is 2. The molecule has 0 aliphatic carbocycles. The van der Waals surface area contributed by atoms with Crippen LogP contribution in [0, 0.1) is 0 Å². The van der Waals surface area contributed by atoms with E-state index in [4.69, 9.17) is 4.74 Å². The van der Waals surface area contributed by atoms with E-state index in [2.05, 4.69) is 10.6 Å². The fourth-order valence-corrected chi connectivity index (χ4v) is 2.02. The van der Waals surface area contributed by atoms with Gasteiger partial charge in [-0.25, -0.2) is 0 Å². The molecule has 128 valence electrons. The zero-order valence-corrected chi connectivity index (χ0v) is 13.0. The standard InChI is InChI=1S/C17H17F3N2O2/c1-24-15-4-2-3-14(11-15)22-16(23)9-10-21-13-7-5-12(6-8-13)17(18,19)20/h2-8,11,21H,9-10H2,1H3,(H,22,23). The predicted molar refractivity (Wildman–Crippen MR) is 86.2 cm³/mol. The van der Waals surface area contributed by atoms with Crippen molar-refractivity contribution >= 4 is 17.3 Å². The van der Waals surface area contributed by atoms with Gasteiger partial charge in [-0.2, -0.15) is 13.2 Å². The molecule has 0 unspecified atom stereocenters. The third kappa shape index (κ3) is 5.19. The minimum Gasteiger partial charge on any atom is -0.497 e. The maximum Gasteiger partial charge on any atom is 0.416 e. The molecule has 2 N–H and O–H groups in total. The first kappa shape index (κ1) is 17.7. The first-order chi connectivity index (χ1) is 11.4. The fourth-order valence-electron chi connectivity index (χ4n) is 2.02. The summed E-state index contributed by atoms with van der Waals surface area (Å²) in [6.07, 6.45) is -4.17. The molecule has 0 aliphatic rings. The number of benzene rings is 2. The molecule has 0 aliphatic heterocycles. The number of nitrogens with one attached hydrogen (secondary N) is 2. The van der Waals surface area contributed by atoms with Crippen molar-refractivity contribution in [2.45, 2.75) is 12.6 Å². The predicted octanol–water partition coefficient (Wildman–Crippen LogP) is 4.15. The lowest BCUT2D eigenvalue weighted by Gasteiger charge is -2.10. The van der Waals surface area contributed by atoms with Crippen LogP contribution < -0.4 is 15.4 Å². The normalized spacial score (nSPS) is 11.0. The van der Waals surface area contributed by atoms with Crippen molar-refractivity contribution in [3.8, 4) is 5.75 Å². The quantitative estimate of drug-likeness (QED) is 0.832. The molecule has 24 heavy (non-hydrogen) atoms. The second-order valence-corrected chi connectivity index (χ2v) is 5.03. The Kier molecular flexibility index (Phi) is 5.68. The van der Waals surface area contributed by atoms with Crippen molar-refractivity contribution in [3.05, 3.63) is 54.1 Å². The molecule has 0 radical (unpaired) electrons. The minimum absolute atomic E-state index is 0.179. The Morgan fingerprint density at radius 2 is 1.79 bits per heavy atom. The lowest BCUT2D eigenvalue weighted by atomic mass is 10.2. The molecule has 0 heterocycles. The summed E-state index contributed by atoms with van der Waals surface area (Å²) < 4.78 is 42.4. The SMILES string of the molecule is COc1cccc(NC(=O)CCNc2ccc(C(F)(F)F)cc2)c1. The molecule has 0 bridgehead atoms. The van der Waals surface area contributed by atoms with E-state index in [1.807, 2.05) is 0 Å². The third-order valence-electron chi connectivity index (χ3n) is 3.25. The smallest absolute Gasteiger partial charge is 0.416 e. The van der Waals surface area contributed by atoms with Crippen LogP contribution in [0.4, 0.5) is 24.5 Å². The minimum atomic E-state index is -4.35. The van der Waals surface area contributed by atoms with Gasteiger partial charge < -0.3 is 15.4 Å². The molecular formula is C17H17F3N2O2. The van der Waals surface area contributed by atoms with Gasteiger partial charge in [-0.1, -0.05) is 6.07 Å². The first-order valence-corrected chi connectivity index (χ1v) is 7.23. The van der Waals surface area contributed by atoms with Gasteiger partial charge in [0.1, 0.15) is 5.75 Å². The molecule has 2 aromatic carbocycles. The second-order valence-electron chi connectivity index (χ2n) is 5.03. The zero-order chi connectivity index (χ0) is 17.6. The highest BCUT2D eigenvalue weighted by atomic mass is 19.4. The van der Waals surface area contributed by atoms with Crippen LogP contribution in [0.2, 0.25) is 0 Å². The highest BCUT2D eigenvalue weighted by Crippen LogP contribution is 2.29. The van der Waals surface area contributed by atoms with E-state index in [0.29, 0.717) is 23.7 Å². The highest BCUT2D eigenvalue weighted by Gasteiger charge is 2.29. The van der Waals surface area contributed by atoms with Crippen LogP contribution in [0.15, 0.2) is 48.5 Å². The van der Waals surface area contributed by atoms with Gasteiger partial charge in [-0.15, -0.1) is 0 Å². The first-order valence-electron chi connectivity index (χ1n) is 7.23. The molecule has 0 fully saturated rings. The molecule has 0 spiro atoms. The van der Waals surface area contributed by atoms with Gasteiger partial charge in [0.05, 0.1) is 12.7 Å². The van der Waals surface area contributed by atoms with E-state index < -0.39 is 11.7 Å². The van der Waals surface area contributed by atoms with Crippen LogP contribution in [-0.2, 0) is 11.0 Å². The molecule has 1 amide bonds. The summed E-state index contributed by atoms with van der Waals surface area (Å²) in [6, 6.07) is 11.6. The number of methoxy groups -OCH3 is 1. The summed E-state index contributed by atoms with van der Waals surface area (Å²) >= 11 is 0. The number of carbonyl (C=O) groups is 1. The van der Waals surface area contributed by atoms with E-state index in [0.717, 1.165) is 12.1 Å². The monoisotopic (exact) mass is 338 g/mol. The summed E-state index contributed by atoms with van der Waals surface area (Å²) in [5.41, 5.74) is 0.440. The zero-order valence-electron chi connectivity index (χ0n) is 13.0. The number of hydrogen-bond acceptors (Lipinski definition) is 3. The van der Waals surface area contributed by atoms with Crippen molar-refractivity contribution in [2.24, 2.45) is 0 Å². The summed E-state index contributed by atoms with van der Waals surface area (Å²) in [5.74, 6) is 0.429. The van der Waals surface area contributed by atoms with Gasteiger partial charge >= 0.3 is 6.18 Å².